The highest BCUT2D eigenvalue weighted by Crippen LogP contribution is 2.31. The van der Waals surface area contributed by atoms with Gasteiger partial charge in [0.15, 0.2) is 5.17 Å². The van der Waals surface area contributed by atoms with Crippen LogP contribution >= 0.6 is 11.8 Å². The van der Waals surface area contributed by atoms with Crippen molar-refractivity contribution >= 4 is 34.6 Å². The third-order valence-corrected chi connectivity index (χ3v) is 6.75. The molecule has 5 rings (SSSR count). The monoisotopic (exact) mass is 455 g/mol. The molecular formula is C27H25N3O2S. The zero-order valence-electron chi connectivity index (χ0n) is 18.3. The van der Waals surface area contributed by atoms with Crippen LogP contribution in [0.3, 0.4) is 0 Å². The van der Waals surface area contributed by atoms with Gasteiger partial charge in [0.25, 0.3) is 5.91 Å². The molecule has 1 amide bonds. The van der Waals surface area contributed by atoms with Crippen molar-refractivity contribution in [2.75, 3.05) is 31.1 Å². The molecule has 0 spiro atoms. The highest BCUT2D eigenvalue weighted by atomic mass is 32.2. The van der Waals surface area contributed by atoms with Crippen molar-refractivity contribution in [3.05, 3.63) is 101 Å². The van der Waals surface area contributed by atoms with Gasteiger partial charge in [-0.05, 0) is 53.2 Å². The number of aliphatic imine (C=N–C) groups is 1. The van der Waals surface area contributed by atoms with Crippen molar-refractivity contribution in [2.45, 2.75) is 6.61 Å². The van der Waals surface area contributed by atoms with Crippen molar-refractivity contribution in [1.82, 2.24) is 4.90 Å². The van der Waals surface area contributed by atoms with Crippen LogP contribution < -0.4 is 9.64 Å². The van der Waals surface area contributed by atoms with Crippen LogP contribution in [0.5, 0.6) is 5.75 Å². The highest BCUT2D eigenvalue weighted by molar-refractivity contribution is 8.18. The van der Waals surface area contributed by atoms with Gasteiger partial charge < -0.3 is 14.5 Å². The molecule has 0 N–H and O–H groups in total. The largest absolute Gasteiger partial charge is 0.489 e. The van der Waals surface area contributed by atoms with E-state index in [1.807, 2.05) is 66.7 Å². The maximum absolute atomic E-state index is 12.5. The standard InChI is InChI=1S/C27H25N3O2S/c31-26-25(19-21-11-13-24(14-12-21)32-20-22-7-3-1-4-8-22)33-27(28-26)30-17-15-29(16-18-30)23-9-5-2-6-10-23/h1-14,19H,15-18,20H2/b25-19+. The van der Waals surface area contributed by atoms with Gasteiger partial charge in [-0.1, -0.05) is 60.7 Å². The Balaban J connectivity index is 1.16. The SMILES string of the molecule is O=C1N=C(N2CCN(c3ccccc3)CC2)S/C1=C/c1ccc(OCc2ccccc2)cc1. The minimum atomic E-state index is -0.162. The molecule has 2 aliphatic rings. The number of ether oxygens (including phenoxy) is 1. The highest BCUT2D eigenvalue weighted by Gasteiger charge is 2.28. The predicted molar refractivity (Wildman–Crippen MR) is 135 cm³/mol. The van der Waals surface area contributed by atoms with Crippen LogP contribution in [-0.2, 0) is 11.4 Å². The molecule has 0 atom stereocenters. The number of carbonyl (C=O) groups is 1. The number of nitrogens with zero attached hydrogens (tertiary/aromatic N) is 3. The van der Waals surface area contributed by atoms with Crippen LogP contribution in [0.25, 0.3) is 6.08 Å². The van der Waals surface area contributed by atoms with Gasteiger partial charge in [-0.2, -0.15) is 4.99 Å². The lowest BCUT2D eigenvalue weighted by Gasteiger charge is -2.36. The summed E-state index contributed by atoms with van der Waals surface area (Å²) in [6.07, 6.45) is 1.91. The number of amidine groups is 1. The first-order valence-corrected chi connectivity index (χ1v) is 11.9. The molecule has 166 valence electrons. The van der Waals surface area contributed by atoms with Crippen LogP contribution in [0.2, 0.25) is 0 Å². The molecule has 0 aliphatic carbocycles. The number of amides is 1. The third kappa shape index (κ3) is 5.29. The Labute approximate surface area is 198 Å². The molecule has 0 saturated carbocycles. The van der Waals surface area contributed by atoms with Gasteiger partial charge in [-0.15, -0.1) is 0 Å². The van der Waals surface area contributed by atoms with Crippen LogP contribution in [0.4, 0.5) is 5.69 Å². The van der Waals surface area contributed by atoms with Gasteiger partial charge in [0, 0.05) is 31.9 Å². The van der Waals surface area contributed by atoms with Gasteiger partial charge in [-0.25, -0.2) is 0 Å². The Kier molecular flexibility index (Phi) is 6.44. The number of hydrogen-bond acceptors (Lipinski definition) is 5. The first-order valence-electron chi connectivity index (χ1n) is 11.1. The molecule has 1 fully saturated rings. The number of hydrogen-bond donors (Lipinski definition) is 0. The van der Waals surface area contributed by atoms with Crippen molar-refractivity contribution < 1.29 is 9.53 Å². The normalized spacial score (nSPS) is 17.4. The Hall–Kier alpha value is -3.51. The Morgan fingerprint density at radius 1 is 0.818 bits per heavy atom. The second-order valence-corrected chi connectivity index (χ2v) is 8.97. The van der Waals surface area contributed by atoms with Gasteiger partial charge in [0.1, 0.15) is 12.4 Å². The first-order chi connectivity index (χ1) is 16.2. The summed E-state index contributed by atoms with van der Waals surface area (Å²) in [5.74, 6) is 0.643. The zero-order chi connectivity index (χ0) is 22.5. The number of benzene rings is 3. The predicted octanol–water partition coefficient (Wildman–Crippen LogP) is 5.06. The molecule has 2 aliphatic heterocycles. The average Bonchev–Trinajstić information content (AvgIpc) is 3.25. The average molecular weight is 456 g/mol. The Morgan fingerprint density at radius 3 is 2.15 bits per heavy atom. The van der Waals surface area contributed by atoms with Crippen molar-refractivity contribution in [3.8, 4) is 5.75 Å². The molecule has 6 heteroatoms. The van der Waals surface area contributed by atoms with E-state index in [2.05, 4.69) is 39.1 Å². The molecule has 5 nitrogen and oxygen atoms in total. The number of thioether (sulfide) groups is 1. The lowest BCUT2D eigenvalue weighted by Crippen LogP contribution is -2.47. The van der Waals surface area contributed by atoms with E-state index in [9.17, 15) is 4.79 Å². The van der Waals surface area contributed by atoms with E-state index in [4.69, 9.17) is 4.74 Å². The molecule has 33 heavy (non-hydrogen) atoms. The lowest BCUT2D eigenvalue weighted by atomic mass is 10.2. The van der Waals surface area contributed by atoms with E-state index in [1.165, 1.54) is 17.4 Å². The van der Waals surface area contributed by atoms with E-state index in [-0.39, 0.29) is 5.91 Å². The second kappa shape index (κ2) is 9.96. The Bertz CT molecular complexity index is 1150. The van der Waals surface area contributed by atoms with Crippen molar-refractivity contribution in [3.63, 3.8) is 0 Å². The summed E-state index contributed by atoms with van der Waals surface area (Å²) in [6, 6.07) is 28.3. The molecule has 0 aromatic heterocycles. The van der Waals surface area contributed by atoms with Crippen LogP contribution in [0.1, 0.15) is 11.1 Å². The number of rotatable bonds is 5. The fraction of sp³-hybridized carbons (Fsp3) is 0.185. The van der Waals surface area contributed by atoms with E-state index < -0.39 is 0 Å². The summed E-state index contributed by atoms with van der Waals surface area (Å²) in [7, 11) is 0. The summed E-state index contributed by atoms with van der Waals surface area (Å²) in [4.78, 5) is 22.1. The fourth-order valence-corrected chi connectivity index (χ4v) is 4.85. The number of anilines is 1. The van der Waals surface area contributed by atoms with Gasteiger partial charge in [0.2, 0.25) is 0 Å². The van der Waals surface area contributed by atoms with Crippen LogP contribution in [0, 0.1) is 0 Å². The van der Waals surface area contributed by atoms with E-state index in [1.54, 1.807) is 0 Å². The summed E-state index contributed by atoms with van der Waals surface area (Å²) in [5, 5.41) is 0.807. The van der Waals surface area contributed by atoms with Crippen molar-refractivity contribution in [2.24, 2.45) is 4.99 Å². The van der Waals surface area contributed by atoms with Crippen LogP contribution in [-0.4, -0.2) is 42.2 Å². The van der Waals surface area contributed by atoms with E-state index in [0.717, 1.165) is 48.2 Å². The zero-order valence-corrected chi connectivity index (χ0v) is 19.1. The number of piperazine rings is 1. The minimum absolute atomic E-state index is 0.162. The maximum atomic E-state index is 12.5. The van der Waals surface area contributed by atoms with Crippen molar-refractivity contribution in [1.29, 1.82) is 0 Å². The first kappa shape index (κ1) is 21.3. The third-order valence-electron chi connectivity index (χ3n) is 5.71. The fourth-order valence-electron chi connectivity index (χ4n) is 3.88. The van der Waals surface area contributed by atoms with Gasteiger partial charge in [-0.3, -0.25) is 4.79 Å². The van der Waals surface area contributed by atoms with E-state index in [0.29, 0.717) is 11.5 Å². The summed E-state index contributed by atoms with van der Waals surface area (Å²) >= 11 is 1.47. The smallest absolute Gasteiger partial charge is 0.286 e. The molecule has 0 unspecified atom stereocenters. The number of carbonyl (C=O) groups excluding carboxylic acids is 1. The van der Waals surface area contributed by atoms with Gasteiger partial charge in [0.05, 0.1) is 4.91 Å². The molecule has 3 aromatic rings. The topological polar surface area (TPSA) is 45.1 Å². The molecule has 3 aromatic carbocycles. The lowest BCUT2D eigenvalue weighted by molar-refractivity contribution is -0.113. The Morgan fingerprint density at radius 2 is 1.45 bits per heavy atom. The summed E-state index contributed by atoms with van der Waals surface area (Å²) in [5.41, 5.74) is 3.33. The van der Waals surface area contributed by atoms with Gasteiger partial charge >= 0.3 is 0 Å². The summed E-state index contributed by atoms with van der Waals surface area (Å²) in [6.45, 7) is 4.08. The minimum Gasteiger partial charge on any atom is -0.489 e. The second-order valence-electron chi connectivity index (χ2n) is 7.96. The molecule has 0 radical (unpaired) electrons. The molecular weight excluding hydrogens is 430 g/mol. The molecule has 1 saturated heterocycles. The van der Waals surface area contributed by atoms with E-state index >= 15 is 0 Å². The molecule has 2 heterocycles. The number of para-hydroxylation sites is 1. The molecule has 0 bridgehead atoms. The summed E-state index contributed by atoms with van der Waals surface area (Å²) < 4.78 is 5.85. The maximum Gasteiger partial charge on any atom is 0.286 e. The quantitative estimate of drug-likeness (QED) is 0.504. The van der Waals surface area contributed by atoms with Crippen LogP contribution in [0.15, 0.2) is 94.8 Å².